The highest BCUT2D eigenvalue weighted by molar-refractivity contribution is 8.03. The summed E-state index contributed by atoms with van der Waals surface area (Å²) in [5.41, 5.74) is 1.35. The maximum Gasteiger partial charge on any atom is 0.253 e. The van der Waals surface area contributed by atoms with Crippen LogP contribution in [0.1, 0.15) is 31.2 Å². The van der Waals surface area contributed by atoms with E-state index in [0.717, 1.165) is 19.3 Å². The number of amides is 2. The minimum Gasteiger partial charge on any atom is -0.275 e. The lowest BCUT2D eigenvalue weighted by Crippen LogP contribution is -2.31. The lowest BCUT2D eigenvalue weighted by Gasteiger charge is -2.23. The predicted molar refractivity (Wildman–Crippen MR) is 93.9 cm³/mol. The Kier molecular flexibility index (Phi) is 5.34. The van der Waals surface area contributed by atoms with Gasteiger partial charge in [0.2, 0.25) is 0 Å². The molecule has 23 heavy (non-hydrogen) atoms. The van der Waals surface area contributed by atoms with Gasteiger partial charge in [0.1, 0.15) is 0 Å². The third-order valence-corrected chi connectivity index (χ3v) is 5.60. The van der Waals surface area contributed by atoms with Crippen LogP contribution >= 0.6 is 11.8 Å². The number of benzene rings is 1. The molecule has 0 saturated carbocycles. The maximum atomic E-state index is 11.6. The van der Waals surface area contributed by atoms with Crippen LogP contribution in [0, 0.1) is 0 Å². The second-order valence-electron chi connectivity index (χ2n) is 5.94. The van der Waals surface area contributed by atoms with Crippen molar-refractivity contribution < 1.29 is 9.59 Å². The highest BCUT2D eigenvalue weighted by Gasteiger charge is 2.23. The smallest absolute Gasteiger partial charge is 0.253 e. The van der Waals surface area contributed by atoms with Crippen LogP contribution < -0.4 is 0 Å². The molecular weight excluding hydrogens is 306 g/mol. The SMILES string of the molecule is O=C1C=CC(=O)N1CCCC(Cc1ccccc1)SC1=CCC1. The van der Waals surface area contributed by atoms with Crippen molar-refractivity contribution in [3.8, 4) is 0 Å². The summed E-state index contributed by atoms with van der Waals surface area (Å²) in [6.07, 6.45) is 10.3. The van der Waals surface area contributed by atoms with Crippen LogP contribution in [0.15, 0.2) is 53.5 Å². The van der Waals surface area contributed by atoms with Crippen molar-refractivity contribution in [2.24, 2.45) is 0 Å². The Hall–Kier alpha value is -1.81. The first-order valence-electron chi connectivity index (χ1n) is 8.15. The van der Waals surface area contributed by atoms with Crippen molar-refractivity contribution in [2.45, 2.75) is 37.4 Å². The summed E-state index contributed by atoms with van der Waals surface area (Å²) in [6, 6.07) is 10.5. The highest BCUT2D eigenvalue weighted by Crippen LogP contribution is 2.36. The molecule has 1 aromatic rings. The van der Waals surface area contributed by atoms with E-state index in [1.165, 1.54) is 40.4 Å². The van der Waals surface area contributed by atoms with E-state index in [1.54, 1.807) is 0 Å². The lowest BCUT2D eigenvalue weighted by atomic mass is 10.1. The first kappa shape index (κ1) is 16.1. The second kappa shape index (κ2) is 7.64. The van der Waals surface area contributed by atoms with Gasteiger partial charge in [0.15, 0.2) is 0 Å². The summed E-state index contributed by atoms with van der Waals surface area (Å²) in [4.78, 5) is 26.0. The molecule has 0 fully saturated rings. The van der Waals surface area contributed by atoms with Crippen LogP contribution in [-0.2, 0) is 16.0 Å². The van der Waals surface area contributed by atoms with Gasteiger partial charge in [-0.3, -0.25) is 14.5 Å². The molecule has 2 aliphatic rings. The van der Waals surface area contributed by atoms with Crippen molar-refractivity contribution in [1.82, 2.24) is 4.90 Å². The van der Waals surface area contributed by atoms with Crippen LogP contribution in [0.25, 0.3) is 0 Å². The van der Waals surface area contributed by atoms with Crippen molar-refractivity contribution in [3.63, 3.8) is 0 Å². The third kappa shape index (κ3) is 4.35. The van der Waals surface area contributed by atoms with E-state index in [9.17, 15) is 9.59 Å². The molecule has 1 aliphatic heterocycles. The van der Waals surface area contributed by atoms with E-state index in [-0.39, 0.29) is 11.8 Å². The van der Waals surface area contributed by atoms with Crippen molar-refractivity contribution in [3.05, 3.63) is 59.0 Å². The summed E-state index contributed by atoms with van der Waals surface area (Å²) in [5, 5.41) is 0.504. The molecule has 1 unspecified atom stereocenters. The molecule has 1 aromatic carbocycles. The summed E-state index contributed by atoms with van der Waals surface area (Å²) in [7, 11) is 0. The number of carbonyl (C=O) groups excluding carboxylic acids is 2. The van der Waals surface area contributed by atoms with Gasteiger partial charge in [0.25, 0.3) is 11.8 Å². The third-order valence-electron chi connectivity index (χ3n) is 4.20. The molecule has 0 radical (unpaired) electrons. The summed E-state index contributed by atoms with van der Waals surface area (Å²) >= 11 is 1.97. The Morgan fingerprint density at radius 2 is 1.78 bits per heavy atom. The number of allylic oxidation sites excluding steroid dienone is 2. The number of hydrogen-bond acceptors (Lipinski definition) is 3. The minimum absolute atomic E-state index is 0.177. The highest BCUT2D eigenvalue weighted by atomic mass is 32.2. The number of hydrogen-bond donors (Lipinski definition) is 0. The van der Waals surface area contributed by atoms with Crippen molar-refractivity contribution in [1.29, 1.82) is 0 Å². The van der Waals surface area contributed by atoms with Crippen molar-refractivity contribution >= 4 is 23.6 Å². The molecule has 3 rings (SSSR count). The standard InChI is InChI=1S/C19H21NO2S/c21-18-11-12-19(22)20(18)13-5-10-17(23-16-8-4-9-16)14-15-6-2-1-3-7-15/h1-3,6-8,11-12,17H,4-5,9-10,13-14H2. The quantitative estimate of drug-likeness (QED) is 0.683. The van der Waals surface area contributed by atoms with Gasteiger partial charge < -0.3 is 0 Å². The van der Waals surface area contributed by atoms with E-state index in [2.05, 4.69) is 30.3 Å². The fourth-order valence-electron chi connectivity index (χ4n) is 2.79. The zero-order chi connectivity index (χ0) is 16.1. The van der Waals surface area contributed by atoms with Crippen molar-refractivity contribution in [2.75, 3.05) is 6.54 Å². The first-order chi connectivity index (χ1) is 11.2. The molecule has 4 heteroatoms. The average molecular weight is 327 g/mol. The minimum atomic E-state index is -0.177. The second-order valence-corrected chi connectivity index (χ2v) is 7.37. The molecule has 0 aromatic heterocycles. The largest absolute Gasteiger partial charge is 0.275 e. The van der Waals surface area contributed by atoms with E-state index in [1.807, 2.05) is 17.8 Å². The van der Waals surface area contributed by atoms with E-state index < -0.39 is 0 Å². The van der Waals surface area contributed by atoms with Gasteiger partial charge in [-0.15, -0.1) is 11.8 Å². The fourth-order valence-corrected chi connectivity index (χ4v) is 4.23. The molecule has 120 valence electrons. The normalized spacial score (nSPS) is 18.1. The summed E-state index contributed by atoms with van der Waals surface area (Å²) < 4.78 is 0. The molecule has 1 aliphatic carbocycles. The Labute approximate surface area is 141 Å². The van der Waals surface area contributed by atoms with Gasteiger partial charge in [0, 0.05) is 23.9 Å². The van der Waals surface area contributed by atoms with E-state index in [4.69, 9.17) is 0 Å². The predicted octanol–water partition coefficient (Wildman–Crippen LogP) is 3.71. The average Bonchev–Trinajstić information content (AvgIpc) is 2.83. The number of nitrogens with zero attached hydrogens (tertiary/aromatic N) is 1. The van der Waals surface area contributed by atoms with Crippen LogP contribution in [0.3, 0.4) is 0 Å². The fraction of sp³-hybridized carbons (Fsp3) is 0.368. The van der Waals surface area contributed by atoms with Crippen LogP contribution in [0.2, 0.25) is 0 Å². The number of rotatable bonds is 8. The Balaban J connectivity index is 1.53. The molecule has 1 heterocycles. The molecule has 0 spiro atoms. The van der Waals surface area contributed by atoms with Gasteiger partial charge in [-0.25, -0.2) is 0 Å². The molecule has 1 atom stereocenters. The number of carbonyl (C=O) groups is 2. The van der Waals surface area contributed by atoms with Gasteiger partial charge in [-0.2, -0.15) is 0 Å². The molecule has 3 nitrogen and oxygen atoms in total. The molecule has 0 saturated heterocycles. The van der Waals surface area contributed by atoms with Crippen LogP contribution in [-0.4, -0.2) is 28.5 Å². The maximum absolute atomic E-state index is 11.6. The summed E-state index contributed by atoms with van der Waals surface area (Å²) in [6.45, 7) is 0.523. The molecule has 2 amide bonds. The number of thioether (sulfide) groups is 1. The molecule has 0 N–H and O–H groups in total. The van der Waals surface area contributed by atoms with Crippen LogP contribution in [0.5, 0.6) is 0 Å². The molecular formula is C19H21NO2S. The lowest BCUT2D eigenvalue weighted by molar-refractivity contribution is -0.136. The Bertz CT molecular complexity index is 618. The van der Waals surface area contributed by atoms with E-state index in [0.29, 0.717) is 11.8 Å². The monoisotopic (exact) mass is 327 g/mol. The first-order valence-corrected chi connectivity index (χ1v) is 9.03. The van der Waals surface area contributed by atoms with E-state index >= 15 is 0 Å². The summed E-state index contributed by atoms with van der Waals surface area (Å²) in [5.74, 6) is -0.354. The zero-order valence-corrected chi connectivity index (χ0v) is 13.9. The van der Waals surface area contributed by atoms with Gasteiger partial charge in [-0.05, 0) is 42.6 Å². The number of imide groups is 1. The Morgan fingerprint density at radius 3 is 2.39 bits per heavy atom. The molecule has 0 bridgehead atoms. The van der Waals surface area contributed by atoms with Gasteiger partial charge in [0.05, 0.1) is 0 Å². The Morgan fingerprint density at radius 1 is 1.09 bits per heavy atom. The topological polar surface area (TPSA) is 37.4 Å². The van der Waals surface area contributed by atoms with Crippen LogP contribution in [0.4, 0.5) is 0 Å². The zero-order valence-electron chi connectivity index (χ0n) is 13.1. The van der Waals surface area contributed by atoms with Gasteiger partial charge >= 0.3 is 0 Å². The van der Waals surface area contributed by atoms with Gasteiger partial charge in [-0.1, -0.05) is 36.4 Å².